The highest BCUT2D eigenvalue weighted by Crippen LogP contribution is 2.15. The Hall–Kier alpha value is -1.80. The minimum atomic E-state index is -3.36. The van der Waals surface area contributed by atoms with E-state index in [4.69, 9.17) is 5.73 Å². The summed E-state index contributed by atoms with van der Waals surface area (Å²) in [5.74, 6) is 0.650. The Morgan fingerprint density at radius 3 is 2.76 bits per heavy atom. The fourth-order valence-electron chi connectivity index (χ4n) is 1.34. The Bertz CT molecular complexity index is 634. The molecule has 0 bridgehead atoms. The molecule has 0 unspecified atom stereocenters. The second-order valence-corrected chi connectivity index (χ2v) is 5.39. The third-order valence-corrected chi connectivity index (χ3v) is 3.21. The number of hydrogen-bond acceptors (Lipinski definition) is 6. The minimum absolute atomic E-state index is 0.105. The normalized spacial score (nSPS) is 11.6. The van der Waals surface area contributed by atoms with Gasteiger partial charge in [0.05, 0.1) is 6.54 Å². The second kappa shape index (κ2) is 4.22. The van der Waals surface area contributed by atoms with E-state index < -0.39 is 9.84 Å². The van der Waals surface area contributed by atoms with Crippen LogP contribution >= 0.6 is 0 Å². The summed E-state index contributed by atoms with van der Waals surface area (Å²) in [5, 5.41) is 4.03. The molecule has 2 aromatic heterocycles. The van der Waals surface area contributed by atoms with E-state index in [-0.39, 0.29) is 17.3 Å². The van der Waals surface area contributed by atoms with Crippen molar-refractivity contribution in [3.63, 3.8) is 0 Å². The number of rotatable bonds is 3. The second-order valence-electron chi connectivity index (χ2n) is 3.41. The monoisotopic (exact) mass is 253 g/mol. The molecule has 0 aliphatic rings. The highest BCUT2D eigenvalue weighted by Gasteiger charge is 2.16. The fourth-order valence-corrected chi connectivity index (χ4v) is 2.14. The standard InChI is InChI=1S/C9H11N5O2S/c1-17(15,16)7-3-2-4-11-9(7)14-6-12-8(5-10)13-14/h2-4,6H,5,10H2,1H3. The molecule has 2 N–H and O–H groups in total. The summed E-state index contributed by atoms with van der Waals surface area (Å²) in [7, 11) is -3.36. The Morgan fingerprint density at radius 2 is 2.18 bits per heavy atom. The summed E-state index contributed by atoms with van der Waals surface area (Å²) in [6.07, 6.45) is 4.00. The van der Waals surface area contributed by atoms with E-state index in [0.717, 1.165) is 6.26 Å². The molecule has 7 nitrogen and oxygen atoms in total. The van der Waals surface area contributed by atoms with Crippen molar-refractivity contribution in [2.75, 3.05) is 6.26 Å². The van der Waals surface area contributed by atoms with Crippen LogP contribution in [0.5, 0.6) is 0 Å². The number of nitrogens with two attached hydrogens (primary N) is 1. The van der Waals surface area contributed by atoms with E-state index in [9.17, 15) is 8.42 Å². The molecule has 0 spiro atoms. The van der Waals surface area contributed by atoms with Gasteiger partial charge in [0.2, 0.25) is 0 Å². The molecule has 0 atom stereocenters. The maximum absolute atomic E-state index is 11.6. The first kappa shape index (κ1) is 11.7. The lowest BCUT2D eigenvalue weighted by Gasteiger charge is -2.04. The first-order valence-electron chi connectivity index (χ1n) is 4.78. The molecule has 90 valence electrons. The van der Waals surface area contributed by atoms with Crippen molar-refractivity contribution in [2.45, 2.75) is 11.4 Å². The van der Waals surface area contributed by atoms with Crippen LogP contribution in [-0.2, 0) is 16.4 Å². The van der Waals surface area contributed by atoms with Crippen molar-refractivity contribution in [2.24, 2.45) is 5.73 Å². The van der Waals surface area contributed by atoms with Crippen molar-refractivity contribution in [3.8, 4) is 5.82 Å². The van der Waals surface area contributed by atoms with Gasteiger partial charge in [-0.25, -0.2) is 23.1 Å². The number of nitrogens with zero attached hydrogens (tertiary/aromatic N) is 4. The van der Waals surface area contributed by atoms with Crippen molar-refractivity contribution in [1.29, 1.82) is 0 Å². The van der Waals surface area contributed by atoms with Crippen LogP contribution in [0, 0.1) is 0 Å². The van der Waals surface area contributed by atoms with Crippen LogP contribution in [0.1, 0.15) is 5.82 Å². The quantitative estimate of drug-likeness (QED) is 0.792. The van der Waals surface area contributed by atoms with E-state index >= 15 is 0 Å². The first-order chi connectivity index (χ1) is 8.02. The summed E-state index contributed by atoms with van der Waals surface area (Å²) in [6, 6.07) is 3.03. The highest BCUT2D eigenvalue weighted by molar-refractivity contribution is 7.90. The van der Waals surface area contributed by atoms with Crippen LogP contribution in [0.15, 0.2) is 29.6 Å². The zero-order valence-electron chi connectivity index (χ0n) is 9.11. The average molecular weight is 253 g/mol. The Kier molecular flexibility index (Phi) is 2.90. The summed E-state index contributed by atoms with van der Waals surface area (Å²) in [6.45, 7) is 0.189. The van der Waals surface area contributed by atoms with Gasteiger partial charge in [-0.3, -0.25) is 0 Å². The average Bonchev–Trinajstić information content (AvgIpc) is 2.76. The van der Waals surface area contributed by atoms with Crippen LogP contribution in [-0.4, -0.2) is 34.4 Å². The summed E-state index contributed by atoms with van der Waals surface area (Å²) < 4.78 is 24.5. The lowest BCUT2D eigenvalue weighted by molar-refractivity contribution is 0.600. The topological polar surface area (TPSA) is 104 Å². The smallest absolute Gasteiger partial charge is 0.179 e. The maximum Gasteiger partial charge on any atom is 0.179 e. The zero-order chi connectivity index (χ0) is 12.5. The van der Waals surface area contributed by atoms with Crippen molar-refractivity contribution in [1.82, 2.24) is 19.7 Å². The third-order valence-electron chi connectivity index (χ3n) is 2.09. The van der Waals surface area contributed by atoms with Crippen LogP contribution in [0.4, 0.5) is 0 Å². The number of pyridine rings is 1. The Balaban J connectivity index is 2.60. The largest absolute Gasteiger partial charge is 0.324 e. The molecule has 2 heterocycles. The van der Waals surface area contributed by atoms with Gasteiger partial charge in [0.25, 0.3) is 0 Å². The van der Waals surface area contributed by atoms with Gasteiger partial charge >= 0.3 is 0 Å². The molecule has 0 radical (unpaired) electrons. The predicted molar refractivity (Wildman–Crippen MR) is 60.2 cm³/mol. The lowest BCUT2D eigenvalue weighted by Crippen LogP contribution is -2.08. The SMILES string of the molecule is CS(=O)(=O)c1cccnc1-n1cnc(CN)n1. The molecule has 17 heavy (non-hydrogen) atoms. The van der Waals surface area contributed by atoms with E-state index in [1.165, 1.54) is 23.3 Å². The van der Waals surface area contributed by atoms with Crippen molar-refractivity contribution >= 4 is 9.84 Å². The van der Waals surface area contributed by atoms with Gasteiger partial charge in [-0.2, -0.15) is 0 Å². The van der Waals surface area contributed by atoms with Gasteiger partial charge in [0.15, 0.2) is 21.5 Å². The molecule has 0 saturated heterocycles. The van der Waals surface area contributed by atoms with Crippen LogP contribution in [0.2, 0.25) is 0 Å². The van der Waals surface area contributed by atoms with Crippen molar-refractivity contribution < 1.29 is 8.42 Å². The number of aromatic nitrogens is 4. The number of hydrogen-bond donors (Lipinski definition) is 1. The van der Waals surface area contributed by atoms with Gasteiger partial charge in [-0.05, 0) is 12.1 Å². The fraction of sp³-hybridized carbons (Fsp3) is 0.222. The predicted octanol–water partition coefficient (Wildman–Crippen LogP) is -0.475. The maximum atomic E-state index is 11.6. The molecular weight excluding hydrogens is 242 g/mol. The summed E-state index contributed by atoms with van der Waals surface area (Å²) in [4.78, 5) is 8.03. The molecule has 0 aliphatic carbocycles. The number of sulfone groups is 1. The molecule has 0 fully saturated rings. The molecule has 0 aliphatic heterocycles. The summed E-state index contributed by atoms with van der Waals surface area (Å²) >= 11 is 0. The molecule has 0 amide bonds. The van der Waals surface area contributed by atoms with E-state index in [1.54, 1.807) is 6.07 Å². The Labute approximate surface area is 98.2 Å². The highest BCUT2D eigenvalue weighted by atomic mass is 32.2. The molecular formula is C9H11N5O2S. The van der Waals surface area contributed by atoms with Gasteiger partial charge in [0.1, 0.15) is 11.2 Å². The van der Waals surface area contributed by atoms with Crippen molar-refractivity contribution in [3.05, 3.63) is 30.5 Å². The van der Waals surface area contributed by atoms with Crippen LogP contribution in [0.3, 0.4) is 0 Å². The molecule has 0 saturated carbocycles. The van der Waals surface area contributed by atoms with E-state index in [2.05, 4.69) is 15.1 Å². The van der Waals surface area contributed by atoms with Crippen LogP contribution in [0.25, 0.3) is 5.82 Å². The van der Waals surface area contributed by atoms with Gasteiger partial charge in [-0.15, -0.1) is 5.10 Å². The zero-order valence-corrected chi connectivity index (χ0v) is 9.92. The molecule has 2 rings (SSSR count). The lowest BCUT2D eigenvalue weighted by atomic mass is 10.5. The Morgan fingerprint density at radius 1 is 1.41 bits per heavy atom. The van der Waals surface area contributed by atoms with Crippen LogP contribution < -0.4 is 5.73 Å². The van der Waals surface area contributed by atoms with E-state index in [0.29, 0.717) is 5.82 Å². The third kappa shape index (κ3) is 2.32. The van der Waals surface area contributed by atoms with Gasteiger partial charge in [-0.1, -0.05) is 0 Å². The molecule has 0 aromatic carbocycles. The first-order valence-corrected chi connectivity index (χ1v) is 6.67. The minimum Gasteiger partial charge on any atom is -0.324 e. The van der Waals surface area contributed by atoms with Gasteiger partial charge in [0, 0.05) is 12.5 Å². The molecule has 2 aromatic rings. The van der Waals surface area contributed by atoms with E-state index in [1.807, 2.05) is 0 Å². The van der Waals surface area contributed by atoms with Gasteiger partial charge < -0.3 is 5.73 Å². The molecule has 8 heteroatoms. The summed E-state index contributed by atoms with van der Waals surface area (Å²) in [5.41, 5.74) is 5.39.